The Balaban J connectivity index is 1.62. The average molecular weight is 489 g/mol. The first-order valence-corrected chi connectivity index (χ1v) is 11.6. The highest BCUT2D eigenvalue weighted by molar-refractivity contribution is 9.10. The van der Waals surface area contributed by atoms with E-state index in [1.807, 2.05) is 54.8 Å². The van der Waals surface area contributed by atoms with Crippen molar-refractivity contribution in [3.05, 3.63) is 64.4 Å². The predicted molar refractivity (Wildman–Crippen MR) is 124 cm³/mol. The number of anilines is 1. The fourth-order valence-corrected chi connectivity index (χ4v) is 4.17. The lowest BCUT2D eigenvalue weighted by Gasteiger charge is -2.16. The number of nitrogens with one attached hydrogen (secondary N) is 1. The Kier molecular flexibility index (Phi) is 7.93. The lowest BCUT2D eigenvalue weighted by Crippen LogP contribution is -2.15. The van der Waals surface area contributed by atoms with E-state index in [-0.39, 0.29) is 17.8 Å². The Morgan fingerprint density at radius 3 is 2.63 bits per heavy atom. The number of ether oxygens (including phenoxy) is 1. The van der Waals surface area contributed by atoms with Gasteiger partial charge in [0.2, 0.25) is 5.91 Å². The van der Waals surface area contributed by atoms with Gasteiger partial charge in [-0.15, -0.1) is 10.2 Å². The monoisotopic (exact) mass is 488 g/mol. The zero-order valence-electron chi connectivity index (χ0n) is 17.3. The summed E-state index contributed by atoms with van der Waals surface area (Å²) in [5, 5.41) is 12.2. The molecule has 0 bridgehead atoms. The van der Waals surface area contributed by atoms with E-state index < -0.39 is 0 Å². The van der Waals surface area contributed by atoms with Crippen LogP contribution in [-0.2, 0) is 17.8 Å². The van der Waals surface area contributed by atoms with Crippen molar-refractivity contribution >= 4 is 39.3 Å². The van der Waals surface area contributed by atoms with E-state index in [2.05, 4.69) is 50.5 Å². The summed E-state index contributed by atoms with van der Waals surface area (Å²) in [7, 11) is 0. The highest BCUT2D eigenvalue weighted by Gasteiger charge is 2.19. The quantitative estimate of drug-likeness (QED) is 0.403. The molecule has 1 unspecified atom stereocenters. The molecular formula is C22H25BrN4O2S. The van der Waals surface area contributed by atoms with Crippen molar-refractivity contribution in [3.63, 3.8) is 0 Å². The van der Waals surface area contributed by atoms with Gasteiger partial charge in [0.05, 0.1) is 5.75 Å². The molecule has 0 saturated carbocycles. The zero-order chi connectivity index (χ0) is 21.5. The van der Waals surface area contributed by atoms with Crippen molar-refractivity contribution in [2.45, 2.75) is 45.0 Å². The number of amides is 1. The minimum absolute atomic E-state index is 0.0920. The number of carbonyl (C=O) groups is 1. The third-order valence-electron chi connectivity index (χ3n) is 4.51. The zero-order valence-corrected chi connectivity index (χ0v) is 19.7. The number of carbonyl (C=O) groups excluding carboxylic acids is 1. The van der Waals surface area contributed by atoms with Crippen molar-refractivity contribution in [2.75, 3.05) is 11.1 Å². The molecule has 0 saturated heterocycles. The molecule has 1 N–H and O–H groups in total. The Bertz CT molecular complexity index is 991. The van der Waals surface area contributed by atoms with Crippen LogP contribution in [0, 0.1) is 0 Å². The standard InChI is InChI=1S/C22H25BrN4O2S/c1-4-16-9-11-19(12-10-16)29-15(3)21-25-26-22(27(21)5-2)30-14-20(28)24-18-8-6-7-17(23)13-18/h6-13,15H,4-5,14H2,1-3H3,(H,24,28). The van der Waals surface area contributed by atoms with Gasteiger partial charge in [-0.25, -0.2) is 0 Å². The first-order valence-electron chi connectivity index (χ1n) is 9.87. The molecule has 1 atom stereocenters. The Morgan fingerprint density at radius 2 is 1.97 bits per heavy atom. The number of nitrogens with zero attached hydrogens (tertiary/aromatic N) is 3. The summed E-state index contributed by atoms with van der Waals surface area (Å²) < 4.78 is 8.96. The van der Waals surface area contributed by atoms with Crippen LogP contribution in [0.1, 0.15) is 38.3 Å². The highest BCUT2D eigenvalue weighted by Crippen LogP contribution is 2.25. The van der Waals surface area contributed by atoms with Gasteiger partial charge in [-0.3, -0.25) is 4.79 Å². The van der Waals surface area contributed by atoms with E-state index in [0.717, 1.165) is 28.2 Å². The molecule has 1 aromatic heterocycles. The van der Waals surface area contributed by atoms with Gasteiger partial charge in [0.25, 0.3) is 0 Å². The minimum atomic E-state index is -0.255. The number of aromatic nitrogens is 3. The topological polar surface area (TPSA) is 69.0 Å². The largest absolute Gasteiger partial charge is 0.483 e. The lowest BCUT2D eigenvalue weighted by molar-refractivity contribution is -0.113. The average Bonchev–Trinajstić information content (AvgIpc) is 3.16. The molecule has 8 heteroatoms. The number of aryl methyl sites for hydroxylation is 1. The van der Waals surface area contributed by atoms with Crippen LogP contribution in [-0.4, -0.2) is 26.4 Å². The van der Waals surface area contributed by atoms with Gasteiger partial charge in [-0.05, 0) is 56.2 Å². The third kappa shape index (κ3) is 5.86. The van der Waals surface area contributed by atoms with Crippen molar-refractivity contribution < 1.29 is 9.53 Å². The van der Waals surface area contributed by atoms with Crippen LogP contribution in [0.15, 0.2) is 58.2 Å². The van der Waals surface area contributed by atoms with Gasteiger partial charge in [0.15, 0.2) is 17.1 Å². The molecule has 158 valence electrons. The number of halogens is 1. The van der Waals surface area contributed by atoms with Crippen molar-refractivity contribution in [2.24, 2.45) is 0 Å². The van der Waals surface area contributed by atoms with E-state index in [4.69, 9.17) is 4.74 Å². The molecule has 0 spiro atoms. The molecule has 1 amide bonds. The normalized spacial score (nSPS) is 11.9. The van der Waals surface area contributed by atoms with Crippen LogP contribution in [0.2, 0.25) is 0 Å². The molecule has 0 radical (unpaired) electrons. The smallest absolute Gasteiger partial charge is 0.234 e. The van der Waals surface area contributed by atoms with E-state index in [9.17, 15) is 4.79 Å². The molecule has 3 aromatic rings. The van der Waals surface area contributed by atoms with Crippen LogP contribution < -0.4 is 10.1 Å². The maximum Gasteiger partial charge on any atom is 0.234 e. The molecule has 6 nitrogen and oxygen atoms in total. The first-order chi connectivity index (χ1) is 14.5. The molecule has 2 aromatic carbocycles. The lowest BCUT2D eigenvalue weighted by atomic mass is 10.2. The summed E-state index contributed by atoms with van der Waals surface area (Å²) in [5.74, 6) is 1.70. The maximum absolute atomic E-state index is 12.3. The minimum Gasteiger partial charge on any atom is -0.483 e. The number of hydrogen-bond donors (Lipinski definition) is 1. The van der Waals surface area contributed by atoms with Gasteiger partial charge in [0.1, 0.15) is 5.75 Å². The second-order valence-corrected chi connectivity index (χ2v) is 8.55. The van der Waals surface area contributed by atoms with Gasteiger partial charge in [0, 0.05) is 16.7 Å². The molecule has 0 aliphatic carbocycles. The molecule has 0 aliphatic heterocycles. The summed E-state index contributed by atoms with van der Waals surface area (Å²) in [6.45, 7) is 6.81. The maximum atomic E-state index is 12.3. The SMILES string of the molecule is CCc1ccc(OC(C)c2nnc(SCC(=O)Nc3cccc(Br)c3)n2CC)cc1. The van der Waals surface area contributed by atoms with Crippen LogP contribution in [0.5, 0.6) is 5.75 Å². The van der Waals surface area contributed by atoms with Gasteiger partial charge in [-0.2, -0.15) is 0 Å². The molecule has 30 heavy (non-hydrogen) atoms. The highest BCUT2D eigenvalue weighted by atomic mass is 79.9. The second-order valence-electron chi connectivity index (χ2n) is 6.69. The number of benzene rings is 2. The van der Waals surface area contributed by atoms with Crippen molar-refractivity contribution in [1.29, 1.82) is 0 Å². The predicted octanol–water partition coefficient (Wildman–Crippen LogP) is 5.49. The van der Waals surface area contributed by atoms with E-state index >= 15 is 0 Å². The summed E-state index contributed by atoms with van der Waals surface area (Å²) >= 11 is 4.77. The van der Waals surface area contributed by atoms with E-state index in [0.29, 0.717) is 11.7 Å². The van der Waals surface area contributed by atoms with Crippen LogP contribution in [0.3, 0.4) is 0 Å². The van der Waals surface area contributed by atoms with Crippen LogP contribution >= 0.6 is 27.7 Å². The van der Waals surface area contributed by atoms with Gasteiger partial charge < -0.3 is 14.6 Å². The van der Waals surface area contributed by atoms with Crippen molar-refractivity contribution in [3.8, 4) is 5.75 Å². The third-order valence-corrected chi connectivity index (χ3v) is 5.97. The summed E-state index contributed by atoms with van der Waals surface area (Å²) in [4.78, 5) is 12.3. The molecule has 1 heterocycles. The fourth-order valence-electron chi connectivity index (χ4n) is 2.96. The van der Waals surface area contributed by atoms with Crippen molar-refractivity contribution in [1.82, 2.24) is 14.8 Å². The summed E-state index contributed by atoms with van der Waals surface area (Å²) in [6, 6.07) is 15.6. The Morgan fingerprint density at radius 1 is 1.20 bits per heavy atom. The number of rotatable bonds is 9. The number of hydrogen-bond acceptors (Lipinski definition) is 5. The Hall–Kier alpha value is -2.32. The van der Waals surface area contributed by atoms with Crippen LogP contribution in [0.4, 0.5) is 5.69 Å². The molecule has 3 rings (SSSR count). The fraction of sp³-hybridized carbons (Fsp3) is 0.318. The van der Waals surface area contributed by atoms with E-state index in [1.54, 1.807) is 0 Å². The molecular weight excluding hydrogens is 464 g/mol. The molecule has 0 aliphatic rings. The number of thioether (sulfide) groups is 1. The van der Waals surface area contributed by atoms with Crippen LogP contribution in [0.25, 0.3) is 0 Å². The Labute approximate surface area is 189 Å². The van der Waals surface area contributed by atoms with Gasteiger partial charge in [-0.1, -0.05) is 52.8 Å². The summed E-state index contributed by atoms with van der Waals surface area (Å²) in [6.07, 6.45) is 0.741. The summed E-state index contributed by atoms with van der Waals surface area (Å²) in [5.41, 5.74) is 2.02. The van der Waals surface area contributed by atoms with E-state index in [1.165, 1.54) is 17.3 Å². The first kappa shape index (κ1) is 22.4. The second kappa shape index (κ2) is 10.6. The van der Waals surface area contributed by atoms with Gasteiger partial charge >= 0.3 is 0 Å². The molecule has 0 fully saturated rings.